The lowest BCUT2D eigenvalue weighted by Crippen LogP contribution is -2.30. The predicted molar refractivity (Wildman–Crippen MR) is 47.5 cm³/mol. The van der Waals surface area contributed by atoms with Gasteiger partial charge in [0, 0.05) is 0 Å². The Balaban J connectivity index is 1.98. The summed E-state index contributed by atoms with van der Waals surface area (Å²) in [5.74, 6) is 0. The number of ether oxygens (including phenoxy) is 2. The standard InChI is InChI=1S/C7H11NO4S/c1-13-5-3-11-6-4(12-8-9)2-10-7(5)6/h4-7H,2-3H2,1H3/t4-,5+,6-,7-/m1/s1. The Morgan fingerprint density at radius 3 is 2.85 bits per heavy atom. The van der Waals surface area contributed by atoms with Crippen LogP contribution in [-0.2, 0) is 14.3 Å². The predicted octanol–water partition coefficient (Wildman–Crippen LogP) is 0.582. The molecule has 0 aromatic rings. The average Bonchev–Trinajstić information content (AvgIpc) is 2.68. The number of hydrogen-bond acceptors (Lipinski definition) is 6. The normalized spacial score (nSPS) is 43.2. The van der Waals surface area contributed by atoms with E-state index in [0.29, 0.717) is 18.5 Å². The summed E-state index contributed by atoms with van der Waals surface area (Å²) in [5.41, 5.74) is 0. The van der Waals surface area contributed by atoms with Crippen LogP contribution in [0.2, 0.25) is 0 Å². The van der Waals surface area contributed by atoms with Gasteiger partial charge in [-0.2, -0.15) is 11.8 Å². The fraction of sp³-hybridized carbons (Fsp3) is 1.00. The summed E-state index contributed by atoms with van der Waals surface area (Å²) in [6.07, 6.45) is 1.64. The van der Waals surface area contributed by atoms with Crippen LogP contribution >= 0.6 is 11.8 Å². The Morgan fingerprint density at radius 2 is 2.15 bits per heavy atom. The molecule has 0 spiro atoms. The zero-order valence-corrected chi connectivity index (χ0v) is 8.03. The van der Waals surface area contributed by atoms with E-state index in [9.17, 15) is 4.91 Å². The van der Waals surface area contributed by atoms with Crippen molar-refractivity contribution in [2.75, 3.05) is 19.5 Å². The Labute approximate surface area is 80.0 Å². The van der Waals surface area contributed by atoms with Crippen LogP contribution in [0.15, 0.2) is 5.34 Å². The van der Waals surface area contributed by atoms with Gasteiger partial charge in [-0.25, -0.2) is 0 Å². The van der Waals surface area contributed by atoms with Gasteiger partial charge in [-0.1, -0.05) is 0 Å². The van der Waals surface area contributed by atoms with Crippen molar-refractivity contribution in [3.05, 3.63) is 4.91 Å². The third-order valence-electron chi connectivity index (χ3n) is 2.44. The monoisotopic (exact) mass is 205 g/mol. The lowest BCUT2D eigenvalue weighted by molar-refractivity contribution is -0.0306. The van der Waals surface area contributed by atoms with E-state index in [1.807, 2.05) is 6.26 Å². The van der Waals surface area contributed by atoms with Crippen molar-refractivity contribution in [2.24, 2.45) is 5.34 Å². The van der Waals surface area contributed by atoms with Crippen molar-refractivity contribution in [1.82, 2.24) is 0 Å². The smallest absolute Gasteiger partial charge is 0.182 e. The topological polar surface area (TPSA) is 57.1 Å². The summed E-state index contributed by atoms with van der Waals surface area (Å²) in [7, 11) is 0. The highest BCUT2D eigenvalue weighted by Gasteiger charge is 2.49. The Bertz CT molecular complexity index is 203. The molecule has 2 heterocycles. The van der Waals surface area contributed by atoms with Gasteiger partial charge in [0.1, 0.15) is 12.2 Å². The molecular weight excluding hydrogens is 194 g/mol. The molecule has 5 nitrogen and oxygen atoms in total. The van der Waals surface area contributed by atoms with E-state index in [0.717, 1.165) is 0 Å². The van der Waals surface area contributed by atoms with Crippen LogP contribution in [0.5, 0.6) is 0 Å². The second-order valence-electron chi connectivity index (χ2n) is 3.09. The third kappa shape index (κ3) is 1.53. The summed E-state index contributed by atoms with van der Waals surface area (Å²) >= 11 is 1.71. The van der Waals surface area contributed by atoms with Crippen LogP contribution in [-0.4, -0.2) is 43.0 Å². The van der Waals surface area contributed by atoms with Gasteiger partial charge in [-0.05, 0) is 6.26 Å². The molecule has 0 unspecified atom stereocenters. The maximum absolute atomic E-state index is 9.91. The zero-order valence-electron chi connectivity index (χ0n) is 7.21. The highest BCUT2D eigenvalue weighted by atomic mass is 32.2. The number of fused-ring (bicyclic) bond motifs is 1. The van der Waals surface area contributed by atoms with Crippen molar-refractivity contribution < 1.29 is 14.3 Å². The molecular formula is C7H11NO4S. The minimum atomic E-state index is -0.320. The van der Waals surface area contributed by atoms with E-state index in [2.05, 4.69) is 10.2 Å². The van der Waals surface area contributed by atoms with Crippen LogP contribution in [0.25, 0.3) is 0 Å². The van der Waals surface area contributed by atoms with Crippen molar-refractivity contribution >= 4 is 11.8 Å². The summed E-state index contributed by atoms with van der Waals surface area (Å²) < 4.78 is 11.0. The van der Waals surface area contributed by atoms with Gasteiger partial charge in [0.15, 0.2) is 11.4 Å². The van der Waals surface area contributed by atoms with Crippen molar-refractivity contribution in [2.45, 2.75) is 23.6 Å². The lowest BCUT2D eigenvalue weighted by atomic mass is 10.1. The maximum atomic E-state index is 9.91. The second-order valence-corrected chi connectivity index (χ2v) is 4.17. The molecule has 0 N–H and O–H groups in total. The molecule has 2 rings (SSSR count). The van der Waals surface area contributed by atoms with Gasteiger partial charge in [-0.15, -0.1) is 4.91 Å². The number of rotatable bonds is 3. The molecule has 0 radical (unpaired) electrons. The fourth-order valence-corrected chi connectivity index (χ4v) is 2.49. The molecule has 0 amide bonds. The van der Waals surface area contributed by atoms with E-state index < -0.39 is 0 Å². The van der Waals surface area contributed by atoms with Gasteiger partial charge in [0.2, 0.25) is 0 Å². The van der Waals surface area contributed by atoms with E-state index in [4.69, 9.17) is 9.47 Å². The molecule has 2 fully saturated rings. The molecule has 0 bridgehead atoms. The number of thioether (sulfide) groups is 1. The SMILES string of the molecule is CS[C@H]1CO[C@H]2[C@@H]1OC[C@H]2ON=O. The van der Waals surface area contributed by atoms with E-state index in [1.54, 1.807) is 11.8 Å². The molecule has 4 atom stereocenters. The first-order chi connectivity index (χ1) is 6.36. The summed E-state index contributed by atoms with van der Waals surface area (Å²) in [5, 5.41) is 2.76. The first-order valence-corrected chi connectivity index (χ1v) is 5.40. The van der Waals surface area contributed by atoms with Gasteiger partial charge in [0.25, 0.3) is 0 Å². The minimum Gasteiger partial charge on any atom is -0.370 e. The largest absolute Gasteiger partial charge is 0.370 e. The van der Waals surface area contributed by atoms with Crippen LogP contribution < -0.4 is 0 Å². The van der Waals surface area contributed by atoms with E-state index >= 15 is 0 Å². The summed E-state index contributed by atoms with van der Waals surface area (Å²) in [4.78, 5) is 14.5. The number of hydrogen-bond donors (Lipinski definition) is 0. The Hall–Kier alpha value is -0.330. The fourth-order valence-electron chi connectivity index (χ4n) is 1.78. The minimum absolute atomic E-state index is 0.0572. The van der Waals surface area contributed by atoms with Crippen LogP contribution in [0, 0.1) is 4.91 Å². The van der Waals surface area contributed by atoms with Gasteiger partial charge in [0.05, 0.1) is 18.5 Å². The summed E-state index contributed by atoms with van der Waals surface area (Å²) in [6, 6.07) is 0. The third-order valence-corrected chi connectivity index (χ3v) is 3.45. The number of nitrogens with zero attached hydrogens (tertiary/aromatic N) is 1. The molecule has 2 aliphatic heterocycles. The maximum Gasteiger partial charge on any atom is 0.182 e. The van der Waals surface area contributed by atoms with Crippen LogP contribution in [0.1, 0.15) is 0 Å². The average molecular weight is 205 g/mol. The van der Waals surface area contributed by atoms with Crippen LogP contribution in [0.3, 0.4) is 0 Å². The molecule has 2 aliphatic rings. The van der Waals surface area contributed by atoms with Crippen molar-refractivity contribution in [1.29, 1.82) is 0 Å². The highest BCUT2D eigenvalue weighted by Crippen LogP contribution is 2.33. The quantitative estimate of drug-likeness (QED) is 0.498. The zero-order chi connectivity index (χ0) is 9.26. The van der Waals surface area contributed by atoms with Gasteiger partial charge >= 0.3 is 0 Å². The first kappa shape index (κ1) is 9.23. The van der Waals surface area contributed by atoms with Crippen LogP contribution in [0.4, 0.5) is 0 Å². The van der Waals surface area contributed by atoms with Crippen molar-refractivity contribution in [3.8, 4) is 0 Å². The molecule has 2 saturated heterocycles. The van der Waals surface area contributed by atoms with Gasteiger partial charge in [-0.3, -0.25) is 0 Å². The first-order valence-electron chi connectivity index (χ1n) is 4.11. The lowest BCUT2D eigenvalue weighted by Gasteiger charge is -2.12. The molecule has 0 aromatic carbocycles. The molecule has 0 aromatic heterocycles. The van der Waals surface area contributed by atoms with E-state index in [1.165, 1.54) is 0 Å². The molecule has 13 heavy (non-hydrogen) atoms. The molecule has 0 aliphatic carbocycles. The Morgan fingerprint density at radius 1 is 1.38 bits per heavy atom. The molecule has 0 saturated carbocycles. The van der Waals surface area contributed by atoms with Gasteiger partial charge < -0.3 is 14.3 Å². The molecule has 74 valence electrons. The van der Waals surface area contributed by atoms with Crippen molar-refractivity contribution in [3.63, 3.8) is 0 Å². The molecule has 6 heteroatoms. The highest BCUT2D eigenvalue weighted by molar-refractivity contribution is 7.99. The Kier molecular flexibility index (Phi) is 2.71. The van der Waals surface area contributed by atoms with E-state index in [-0.39, 0.29) is 18.3 Å². The second kappa shape index (κ2) is 3.81. The summed E-state index contributed by atoms with van der Waals surface area (Å²) in [6.45, 7) is 1.06.